The van der Waals surface area contributed by atoms with E-state index in [0.29, 0.717) is 12.0 Å². The first-order chi connectivity index (χ1) is 10.1. The fraction of sp³-hybridized carbons (Fsp3) is 0.111. The second-order valence-electron chi connectivity index (χ2n) is 5.12. The van der Waals surface area contributed by atoms with Gasteiger partial charge in [-0.3, -0.25) is 4.98 Å². The van der Waals surface area contributed by atoms with E-state index in [1.807, 2.05) is 43.3 Å². The van der Waals surface area contributed by atoms with Crippen LogP contribution in [0.25, 0.3) is 10.9 Å². The predicted octanol–water partition coefficient (Wildman–Crippen LogP) is 3.83. The summed E-state index contributed by atoms with van der Waals surface area (Å²) in [5.74, 6) is -0.895. The summed E-state index contributed by atoms with van der Waals surface area (Å²) in [5.41, 5.74) is 4.37. The first-order valence-electron chi connectivity index (χ1n) is 6.81. The summed E-state index contributed by atoms with van der Waals surface area (Å²) in [6, 6.07) is 17.3. The van der Waals surface area contributed by atoms with Gasteiger partial charge in [-0.2, -0.15) is 0 Å². The highest BCUT2D eigenvalue weighted by atomic mass is 16.4. The smallest absolute Gasteiger partial charge is 0.335 e. The van der Waals surface area contributed by atoms with Crippen molar-refractivity contribution in [3.63, 3.8) is 0 Å². The van der Waals surface area contributed by atoms with Gasteiger partial charge in [-0.25, -0.2) is 4.79 Å². The monoisotopic (exact) mass is 277 g/mol. The Labute approximate surface area is 122 Å². The number of rotatable bonds is 3. The number of hydrogen-bond acceptors (Lipinski definition) is 2. The molecule has 1 N–H and O–H groups in total. The Bertz CT molecular complexity index is 824. The van der Waals surface area contributed by atoms with E-state index in [9.17, 15) is 4.79 Å². The number of carboxylic acid groups (broad SMARTS) is 1. The normalized spacial score (nSPS) is 10.7. The van der Waals surface area contributed by atoms with E-state index in [1.54, 1.807) is 12.1 Å². The van der Waals surface area contributed by atoms with Crippen LogP contribution < -0.4 is 0 Å². The van der Waals surface area contributed by atoms with Gasteiger partial charge >= 0.3 is 5.97 Å². The van der Waals surface area contributed by atoms with Crippen LogP contribution in [0, 0.1) is 6.92 Å². The molecule has 1 aromatic heterocycles. The minimum Gasteiger partial charge on any atom is -0.478 e. The summed E-state index contributed by atoms with van der Waals surface area (Å²) in [4.78, 5) is 15.6. The predicted molar refractivity (Wildman–Crippen MR) is 82.7 cm³/mol. The third kappa shape index (κ3) is 2.77. The van der Waals surface area contributed by atoms with Gasteiger partial charge in [0.05, 0.1) is 11.1 Å². The number of carboxylic acids is 1. The largest absolute Gasteiger partial charge is 0.478 e. The highest BCUT2D eigenvalue weighted by Gasteiger charge is 2.07. The van der Waals surface area contributed by atoms with Crippen molar-refractivity contribution in [1.29, 1.82) is 0 Å². The zero-order valence-electron chi connectivity index (χ0n) is 11.7. The van der Waals surface area contributed by atoms with E-state index < -0.39 is 5.97 Å². The van der Waals surface area contributed by atoms with Crippen LogP contribution >= 0.6 is 0 Å². The number of hydrogen-bond donors (Lipinski definition) is 1. The number of pyridine rings is 1. The van der Waals surface area contributed by atoms with Crippen LogP contribution in [-0.4, -0.2) is 16.1 Å². The first-order valence-corrected chi connectivity index (χ1v) is 6.81. The molecular formula is C18H15NO2. The second kappa shape index (κ2) is 5.37. The van der Waals surface area contributed by atoms with E-state index >= 15 is 0 Å². The molecule has 0 amide bonds. The molecule has 3 rings (SSSR count). The molecule has 3 nitrogen and oxygen atoms in total. The zero-order chi connectivity index (χ0) is 14.8. The van der Waals surface area contributed by atoms with E-state index in [1.165, 1.54) is 0 Å². The van der Waals surface area contributed by atoms with Crippen LogP contribution in [0.2, 0.25) is 0 Å². The molecule has 0 radical (unpaired) electrons. The maximum absolute atomic E-state index is 11.0. The number of para-hydroxylation sites is 1. The number of aromatic nitrogens is 1. The fourth-order valence-corrected chi connectivity index (χ4v) is 2.43. The van der Waals surface area contributed by atoms with Gasteiger partial charge in [0.15, 0.2) is 0 Å². The average Bonchev–Trinajstić information content (AvgIpc) is 2.49. The summed E-state index contributed by atoms with van der Waals surface area (Å²) in [6.07, 6.45) is 0.705. The van der Waals surface area contributed by atoms with Gasteiger partial charge in [-0.1, -0.05) is 30.3 Å². The van der Waals surface area contributed by atoms with E-state index in [0.717, 1.165) is 27.7 Å². The number of aryl methyl sites for hydroxylation is 1. The van der Waals surface area contributed by atoms with Crippen LogP contribution in [0.1, 0.15) is 27.2 Å². The van der Waals surface area contributed by atoms with Gasteiger partial charge < -0.3 is 5.11 Å². The standard InChI is InChI=1S/C18H15NO2/c1-12-10-15(18(20)21)7-6-14(12)11-16-9-8-13-4-2-3-5-17(13)19-16/h2-10H,11H2,1H3,(H,20,21). The molecule has 0 aliphatic carbocycles. The molecule has 0 spiro atoms. The minimum absolute atomic E-state index is 0.322. The van der Waals surface area contributed by atoms with Crippen molar-refractivity contribution in [2.45, 2.75) is 13.3 Å². The molecule has 1 heterocycles. The van der Waals surface area contributed by atoms with E-state index in [4.69, 9.17) is 5.11 Å². The molecule has 0 saturated heterocycles. The van der Waals surface area contributed by atoms with Crippen LogP contribution in [0.15, 0.2) is 54.6 Å². The molecule has 3 aromatic rings. The third-order valence-electron chi connectivity index (χ3n) is 3.62. The molecule has 0 aliphatic heterocycles. The van der Waals surface area contributed by atoms with Crippen LogP contribution in [-0.2, 0) is 6.42 Å². The van der Waals surface area contributed by atoms with Gasteiger partial charge in [0.1, 0.15) is 0 Å². The van der Waals surface area contributed by atoms with Gasteiger partial charge in [0.25, 0.3) is 0 Å². The average molecular weight is 277 g/mol. The van der Waals surface area contributed by atoms with Crippen molar-refractivity contribution in [3.05, 3.63) is 77.0 Å². The summed E-state index contributed by atoms with van der Waals surface area (Å²) in [7, 11) is 0. The Morgan fingerprint density at radius 1 is 1.10 bits per heavy atom. The molecule has 0 bridgehead atoms. The van der Waals surface area contributed by atoms with Crippen molar-refractivity contribution in [2.24, 2.45) is 0 Å². The third-order valence-corrected chi connectivity index (χ3v) is 3.62. The Morgan fingerprint density at radius 3 is 2.67 bits per heavy atom. The topological polar surface area (TPSA) is 50.2 Å². The molecule has 0 saturated carbocycles. The maximum atomic E-state index is 11.0. The second-order valence-corrected chi connectivity index (χ2v) is 5.12. The molecule has 2 aromatic carbocycles. The summed E-state index contributed by atoms with van der Waals surface area (Å²) in [5, 5.41) is 10.1. The summed E-state index contributed by atoms with van der Waals surface area (Å²) < 4.78 is 0. The first kappa shape index (κ1) is 13.3. The van der Waals surface area contributed by atoms with Crippen LogP contribution in [0.5, 0.6) is 0 Å². The molecule has 0 aliphatic rings. The lowest BCUT2D eigenvalue weighted by Crippen LogP contribution is -2.00. The molecule has 0 unspecified atom stereocenters. The van der Waals surface area contributed by atoms with E-state index in [-0.39, 0.29) is 0 Å². The van der Waals surface area contributed by atoms with Crippen molar-refractivity contribution >= 4 is 16.9 Å². The summed E-state index contributed by atoms with van der Waals surface area (Å²) in [6.45, 7) is 1.93. The van der Waals surface area contributed by atoms with Crippen molar-refractivity contribution in [2.75, 3.05) is 0 Å². The van der Waals surface area contributed by atoms with Gasteiger partial charge in [-0.15, -0.1) is 0 Å². The Morgan fingerprint density at radius 2 is 1.90 bits per heavy atom. The van der Waals surface area contributed by atoms with Gasteiger partial charge in [-0.05, 0) is 42.3 Å². The summed E-state index contributed by atoms with van der Waals surface area (Å²) >= 11 is 0. The fourth-order valence-electron chi connectivity index (χ4n) is 2.43. The quantitative estimate of drug-likeness (QED) is 0.791. The number of aromatic carboxylic acids is 1. The highest BCUT2D eigenvalue weighted by Crippen LogP contribution is 2.17. The minimum atomic E-state index is -0.895. The Kier molecular flexibility index (Phi) is 3.40. The number of benzene rings is 2. The Balaban J connectivity index is 1.93. The zero-order valence-corrected chi connectivity index (χ0v) is 11.7. The lowest BCUT2D eigenvalue weighted by Gasteiger charge is -2.07. The van der Waals surface area contributed by atoms with Crippen molar-refractivity contribution in [1.82, 2.24) is 4.98 Å². The number of carbonyl (C=O) groups is 1. The maximum Gasteiger partial charge on any atom is 0.335 e. The van der Waals surface area contributed by atoms with Gasteiger partial charge in [0.2, 0.25) is 0 Å². The van der Waals surface area contributed by atoms with Gasteiger partial charge in [0, 0.05) is 17.5 Å². The molecular weight excluding hydrogens is 262 g/mol. The molecule has 0 atom stereocenters. The Hall–Kier alpha value is -2.68. The van der Waals surface area contributed by atoms with Crippen LogP contribution in [0.4, 0.5) is 0 Å². The van der Waals surface area contributed by atoms with Crippen LogP contribution in [0.3, 0.4) is 0 Å². The van der Waals surface area contributed by atoms with Crippen molar-refractivity contribution < 1.29 is 9.90 Å². The SMILES string of the molecule is Cc1cc(C(=O)O)ccc1Cc1ccc2ccccc2n1. The lowest BCUT2D eigenvalue weighted by molar-refractivity contribution is 0.0697. The number of fused-ring (bicyclic) bond motifs is 1. The molecule has 3 heteroatoms. The van der Waals surface area contributed by atoms with Crippen molar-refractivity contribution in [3.8, 4) is 0 Å². The molecule has 104 valence electrons. The number of nitrogens with zero attached hydrogens (tertiary/aromatic N) is 1. The van der Waals surface area contributed by atoms with E-state index in [2.05, 4.69) is 11.1 Å². The lowest BCUT2D eigenvalue weighted by atomic mass is 10.0. The highest BCUT2D eigenvalue weighted by molar-refractivity contribution is 5.87. The molecule has 21 heavy (non-hydrogen) atoms. The molecule has 0 fully saturated rings.